The molecule has 15 heavy (non-hydrogen) atoms. The van der Waals surface area contributed by atoms with Crippen LogP contribution in [0.2, 0.25) is 0 Å². The average molecular weight is 215 g/mol. The Morgan fingerprint density at radius 2 is 2.20 bits per heavy atom. The lowest BCUT2D eigenvalue weighted by Crippen LogP contribution is -2.59. The molecule has 3 heteroatoms. The molecule has 0 amide bonds. The topological polar surface area (TPSA) is 30.5 Å². The zero-order chi connectivity index (χ0) is 11.3. The van der Waals surface area contributed by atoms with Crippen molar-refractivity contribution in [3.8, 4) is 0 Å². The molecule has 1 N–H and O–H groups in total. The van der Waals surface area contributed by atoms with Crippen LogP contribution in [0.25, 0.3) is 0 Å². The number of likely N-dealkylation sites (N-methyl/N-ethyl adjacent to an activating group) is 1. The molecule has 0 aliphatic heterocycles. The Kier molecular flexibility index (Phi) is 5.58. The van der Waals surface area contributed by atoms with Crippen LogP contribution in [-0.4, -0.2) is 39.0 Å². The van der Waals surface area contributed by atoms with E-state index in [-0.39, 0.29) is 6.10 Å². The minimum atomic E-state index is 0.240. The van der Waals surface area contributed by atoms with Crippen LogP contribution >= 0.6 is 0 Å². The predicted octanol–water partition coefficient (Wildman–Crippen LogP) is 1.81. The van der Waals surface area contributed by atoms with E-state index in [0.717, 1.165) is 13.0 Å². The molecule has 0 aromatic heterocycles. The fourth-order valence-corrected chi connectivity index (χ4v) is 2.21. The quantitative estimate of drug-likeness (QED) is 0.702. The first-order valence-electron chi connectivity index (χ1n) is 6.04. The maximum atomic E-state index is 5.86. The summed E-state index contributed by atoms with van der Waals surface area (Å²) in [4.78, 5) is 0. The molecule has 1 fully saturated rings. The summed E-state index contributed by atoms with van der Waals surface area (Å²) in [5.74, 6) is 0.668. The smallest absolute Gasteiger partial charge is 0.0986 e. The van der Waals surface area contributed by atoms with Gasteiger partial charge in [-0.15, -0.1) is 0 Å². The lowest BCUT2D eigenvalue weighted by molar-refractivity contribution is -0.138. The molecule has 0 aromatic rings. The summed E-state index contributed by atoms with van der Waals surface area (Å²) in [7, 11) is 3.74. The van der Waals surface area contributed by atoms with Crippen molar-refractivity contribution in [2.45, 2.75) is 51.4 Å². The second-order valence-electron chi connectivity index (χ2n) is 4.60. The van der Waals surface area contributed by atoms with Gasteiger partial charge in [0.2, 0.25) is 0 Å². The molecule has 0 aromatic carbocycles. The van der Waals surface area contributed by atoms with E-state index in [2.05, 4.69) is 19.2 Å². The first-order chi connectivity index (χ1) is 7.22. The van der Waals surface area contributed by atoms with Gasteiger partial charge in [0.05, 0.1) is 12.2 Å². The standard InChI is InChI=1S/C12H25NO2/c1-5-6-9(2)8-15-11-7-10(13-3)12(11)14-4/h9-13H,5-8H2,1-4H3. The second kappa shape index (κ2) is 6.46. The van der Waals surface area contributed by atoms with E-state index >= 15 is 0 Å². The highest BCUT2D eigenvalue weighted by Crippen LogP contribution is 2.27. The number of methoxy groups -OCH3 is 1. The van der Waals surface area contributed by atoms with Gasteiger partial charge in [0, 0.05) is 19.8 Å². The molecule has 0 saturated heterocycles. The molecule has 90 valence electrons. The van der Waals surface area contributed by atoms with Crippen molar-refractivity contribution in [2.24, 2.45) is 5.92 Å². The third-order valence-corrected chi connectivity index (χ3v) is 3.27. The van der Waals surface area contributed by atoms with Crippen LogP contribution in [0, 0.1) is 5.92 Å². The summed E-state index contributed by atoms with van der Waals surface area (Å²) in [6.45, 7) is 5.34. The zero-order valence-electron chi connectivity index (χ0n) is 10.5. The summed E-state index contributed by atoms with van der Waals surface area (Å²) in [6.07, 6.45) is 4.10. The van der Waals surface area contributed by atoms with Crippen LogP contribution in [0.5, 0.6) is 0 Å². The van der Waals surface area contributed by atoms with Crippen LogP contribution in [0.4, 0.5) is 0 Å². The normalized spacial score (nSPS) is 32.4. The van der Waals surface area contributed by atoms with Gasteiger partial charge in [-0.25, -0.2) is 0 Å². The number of ether oxygens (including phenoxy) is 2. The highest BCUT2D eigenvalue weighted by Gasteiger charge is 2.41. The van der Waals surface area contributed by atoms with Gasteiger partial charge >= 0.3 is 0 Å². The van der Waals surface area contributed by atoms with E-state index in [1.807, 2.05) is 7.05 Å². The van der Waals surface area contributed by atoms with Crippen LogP contribution < -0.4 is 5.32 Å². The van der Waals surface area contributed by atoms with E-state index in [4.69, 9.17) is 9.47 Å². The molecule has 0 heterocycles. The van der Waals surface area contributed by atoms with Crippen molar-refractivity contribution in [3.05, 3.63) is 0 Å². The molecular formula is C12H25NO2. The molecule has 3 nitrogen and oxygen atoms in total. The molecule has 0 spiro atoms. The van der Waals surface area contributed by atoms with Gasteiger partial charge in [0.15, 0.2) is 0 Å². The van der Waals surface area contributed by atoms with E-state index < -0.39 is 0 Å². The Balaban J connectivity index is 2.17. The minimum absolute atomic E-state index is 0.240. The maximum absolute atomic E-state index is 5.86. The number of hydrogen-bond acceptors (Lipinski definition) is 3. The van der Waals surface area contributed by atoms with E-state index in [0.29, 0.717) is 18.1 Å². The van der Waals surface area contributed by atoms with E-state index in [1.54, 1.807) is 7.11 Å². The lowest BCUT2D eigenvalue weighted by atomic mass is 9.85. The fourth-order valence-electron chi connectivity index (χ4n) is 2.21. The van der Waals surface area contributed by atoms with E-state index in [9.17, 15) is 0 Å². The molecular weight excluding hydrogens is 190 g/mol. The van der Waals surface area contributed by atoms with Crippen molar-refractivity contribution >= 4 is 0 Å². The number of nitrogens with one attached hydrogen (secondary N) is 1. The van der Waals surface area contributed by atoms with Gasteiger partial charge in [-0.3, -0.25) is 0 Å². The van der Waals surface area contributed by atoms with Crippen LogP contribution in [0.15, 0.2) is 0 Å². The first-order valence-corrected chi connectivity index (χ1v) is 6.04. The SMILES string of the molecule is CCCC(C)COC1CC(NC)C1OC. The molecule has 0 radical (unpaired) electrons. The molecule has 1 rings (SSSR count). The van der Waals surface area contributed by atoms with Crippen LogP contribution in [0.3, 0.4) is 0 Å². The summed E-state index contributed by atoms with van der Waals surface area (Å²) in [6, 6.07) is 0.474. The maximum Gasteiger partial charge on any atom is 0.0986 e. The summed E-state index contributed by atoms with van der Waals surface area (Å²) < 4.78 is 11.3. The van der Waals surface area contributed by atoms with Gasteiger partial charge in [-0.2, -0.15) is 0 Å². The fraction of sp³-hybridized carbons (Fsp3) is 1.00. The Hall–Kier alpha value is -0.120. The Labute approximate surface area is 93.5 Å². The van der Waals surface area contributed by atoms with Gasteiger partial charge < -0.3 is 14.8 Å². The zero-order valence-corrected chi connectivity index (χ0v) is 10.5. The molecule has 4 atom stereocenters. The third kappa shape index (κ3) is 3.44. The van der Waals surface area contributed by atoms with Crippen molar-refractivity contribution < 1.29 is 9.47 Å². The van der Waals surface area contributed by atoms with Crippen LogP contribution in [-0.2, 0) is 9.47 Å². The summed E-state index contributed by atoms with van der Waals surface area (Å²) >= 11 is 0. The van der Waals surface area contributed by atoms with E-state index in [1.165, 1.54) is 12.8 Å². The third-order valence-electron chi connectivity index (χ3n) is 3.27. The number of rotatable bonds is 7. The minimum Gasteiger partial charge on any atom is -0.377 e. The Bertz CT molecular complexity index is 175. The van der Waals surface area contributed by atoms with Crippen LogP contribution in [0.1, 0.15) is 33.1 Å². The van der Waals surface area contributed by atoms with Gasteiger partial charge in [0.1, 0.15) is 0 Å². The molecule has 0 bridgehead atoms. The van der Waals surface area contributed by atoms with Crippen molar-refractivity contribution in [2.75, 3.05) is 20.8 Å². The molecule has 1 saturated carbocycles. The van der Waals surface area contributed by atoms with Gasteiger partial charge in [-0.05, 0) is 25.8 Å². The second-order valence-corrected chi connectivity index (χ2v) is 4.60. The van der Waals surface area contributed by atoms with Crippen molar-refractivity contribution in [1.82, 2.24) is 5.32 Å². The van der Waals surface area contributed by atoms with Gasteiger partial charge in [0.25, 0.3) is 0 Å². The highest BCUT2D eigenvalue weighted by molar-refractivity contribution is 4.96. The monoisotopic (exact) mass is 215 g/mol. The average Bonchev–Trinajstić information content (AvgIpc) is 2.17. The number of hydrogen-bond donors (Lipinski definition) is 1. The summed E-state index contributed by atoms with van der Waals surface area (Å²) in [5.41, 5.74) is 0. The van der Waals surface area contributed by atoms with Gasteiger partial charge in [-0.1, -0.05) is 20.3 Å². The molecule has 1 aliphatic rings. The van der Waals surface area contributed by atoms with Crippen molar-refractivity contribution in [1.29, 1.82) is 0 Å². The Morgan fingerprint density at radius 3 is 2.73 bits per heavy atom. The largest absolute Gasteiger partial charge is 0.377 e. The first kappa shape index (κ1) is 12.9. The van der Waals surface area contributed by atoms with Crippen molar-refractivity contribution in [3.63, 3.8) is 0 Å². The highest BCUT2D eigenvalue weighted by atomic mass is 16.5. The predicted molar refractivity (Wildman–Crippen MR) is 62.1 cm³/mol. The lowest BCUT2D eigenvalue weighted by Gasteiger charge is -2.43. The summed E-state index contributed by atoms with van der Waals surface area (Å²) in [5, 5.41) is 3.24. The Morgan fingerprint density at radius 1 is 1.47 bits per heavy atom. The molecule has 1 aliphatic carbocycles. The molecule has 4 unspecified atom stereocenters.